The summed E-state index contributed by atoms with van der Waals surface area (Å²) in [4.78, 5) is 20.8. The zero-order valence-electron chi connectivity index (χ0n) is 11.6. The molecule has 0 radical (unpaired) electrons. The molecule has 0 heterocycles. The Morgan fingerprint density at radius 2 is 0.947 bits per heavy atom. The Bertz CT molecular complexity index is 279. The Morgan fingerprint density at radius 3 is 1.26 bits per heavy atom. The predicted molar refractivity (Wildman–Crippen MR) is 78.2 cm³/mol. The van der Waals surface area contributed by atoms with Gasteiger partial charge in [0.15, 0.2) is 0 Å². The van der Waals surface area contributed by atoms with Crippen molar-refractivity contribution in [1.29, 1.82) is 0 Å². The molecule has 4 N–H and O–H groups in total. The fourth-order valence-electron chi connectivity index (χ4n) is 1.81. The van der Waals surface area contributed by atoms with E-state index in [0.29, 0.717) is 0 Å². The van der Waals surface area contributed by atoms with Gasteiger partial charge in [0, 0.05) is 0 Å². The van der Waals surface area contributed by atoms with E-state index >= 15 is 0 Å². The van der Waals surface area contributed by atoms with Crippen molar-refractivity contribution in [2.45, 2.75) is 57.8 Å². The molecule has 0 atom stereocenters. The Kier molecular flexibility index (Phi) is 11.8. The summed E-state index contributed by atoms with van der Waals surface area (Å²) >= 11 is 0. The van der Waals surface area contributed by atoms with Gasteiger partial charge in [0.05, 0.1) is 0 Å². The quantitative estimate of drug-likeness (QED) is 0.420. The van der Waals surface area contributed by atoms with Gasteiger partial charge in [-0.3, -0.25) is 9.59 Å². The summed E-state index contributed by atoms with van der Waals surface area (Å²) in [6.45, 7) is 0. The third-order valence-electron chi connectivity index (χ3n) is 2.81. The smallest absolute Gasteiger partial charge is 0.241 e. The third-order valence-corrected chi connectivity index (χ3v) is 2.81. The molecule has 0 rings (SSSR count). The van der Waals surface area contributed by atoms with Gasteiger partial charge < -0.3 is 11.5 Å². The van der Waals surface area contributed by atoms with Crippen molar-refractivity contribution >= 4 is 11.8 Å². The lowest BCUT2D eigenvalue weighted by atomic mass is 10.1. The van der Waals surface area contributed by atoms with E-state index in [-0.39, 0.29) is 11.8 Å². The minimum atomic E-state index is -0.370. The van der Waals surface area contributed by atoms with Gasteiger partial charge in [0.25, 0.3) is 0 Å². The summed E-state index contributed by atoms with van der Waals surface area (Å²) in [6, 6.07) is 0. The fourth-order valence-corrected chi connectivity index (χ4v) is 1.81. The van der Waals surface area contributed by atoms with Crippen LogP contribution in [-0.4, -0.2) is 11.8 Å². The van der Waals surface area contributed by atoms with Crippen LogP contribution in [0.1, 0.15) is 57.8 Å². The molecule has 0 aliphatic heterocycles. The van der Waals surface area contributed by atoms with Gasteiger partial charge in [-0.05, 0) is 37.8 Å². The maximum Gasteiger partial charge on any atom is 0.241 e. The van der Waals surface area contributed by atoms with Gasteiger partial charge in [0.2, 0.25) is 11.8 Å². The van der Waals surface area contributed by atoms with Crippen molar-refractivity contribution in [3.05, 3.63) is 24.3 Å². The molecule has 2 amide bonds. The van der Waals surface area contributed by atoms with Crippen LogP contribution < -0.4 is 11.5 Å². The number of hydrogen-bond donors (Lipinski definition) is 2. The zero-order valence-corrected chi connectivity index (χ0v) is 11.6. The lowest BCUT2D eigenvalue weighted by Crippen LogP contribution is -2.05. The maximum absolute atomic E-state index is 10.4. The van der Waals surface area contributed by atoms with Crippen LogP contribution in [0.5, 0.6) is 0 Å². The van der Waals surface area contributed by atoms with Crippen LogP contribution in [0.4, 0.5) is 0 Å². The van der Waals surface area contributed by atoms with Gasteiger partial charge >= 0.3 is 0 Å². The Morgan fingerprint density at radius 1 is 0.632 bits per heavy atom. The van der Waals surface area contributed by atoms with Crippen molar-refractivity contribution in [2.75, 3.05) is 0 Å². The van der Waals surface area contributed by atoms with E-state index in [1.807, 2.05) is 12.2 Å². The van der Waals surface area contributed by atoms with E-state index in [9.17, 15) is 9.59 Å². The van der Waals surface area contributed by atoms with Gasteiger partial charge in [-0.15, -0.1) is 0 Å². The summed E-state index contributed by atoms with van der Waals surface area (Å²) < 4.78 is 0. The van der Waals surface area contributed by atoms with Crippen molar-refractivity contribution in [2.24, 2.45) is 11.5 Å². The predicted octanol–water partition coefficient (Wildman–Crippen LogP) is 2.58. The van der Waals surface area contributed by atoms with E-state index in [2.05, 4.69) is 0 Å². The number of nitrogens with two attached hydrogens (primary N) is 2. The molecule has 0 saturated carbocycles. The van der Waals surface area contributed by atoms with Crippen LogP contribution in [0.3, 0.4) is 0 Å². The molecule has 0 bridgehead atoms. The molecule has 108 valence electrons. The van der Waals surface area contributed by atoms with Gasteiger partial charge in [-0.25, -0.2) is 0 Å². The van der Waals surface area contributed by atoms with Crippen LogP contribution in [0, 0.1) is 0 Å². The Balaban J connectivity index is 3.15. The molecular formula is C15H26N2O2. The van der Waals surface area contributed by atoms with Crippen molar-refractivity contribution in [3.8, 4) is 0 Å². The SMILES string of the molecule is NC(=O)C=CCCCCCCCCCC=CC(N)=O. The minimum absolute atomic E-state index is 0.370. The maximum atomic E-state index is 10.4. The molecule has 4 heteroatoms. The first-order valence-electron chi connectivity index (χ1n) is 7.05. The van der Waals surface area contributed by atoms with Crippen LogP contribution in [0.2, 0.25) is 0 Å². The summed E-state index contributed by atoms with van der Waals surface area (Å²) in [5, 5.41) is 0. The monoisotopic (exact) mass is 266 g/mol. The highest BCUT2D eigenvalue weighted by atomic mass is 16.1. The second-order valence-electron chi connectivity index (χ2n) is 4.66. The molecule has 0 aromatic heterocycles. The molecule has 0 aliphatic rings. The molecule has 0 unspecified atom stereocenters. The third kappa shape index (κ3) is 16.4. The zero-order chi connectivity index (χ0) is 14.3. The number of rotatable bonds is 12. The van der Waals surface area contributed by atoms with Gasteiger partial charge in [-0.2, -0.15) is 0 Å². The molecule has 0 spiro atoms. The number of hydrogen-bond acceptors (Lipinski definition) is 2. The van der Waals surface area contributed by atoms with Gasteiger partial charge in [0.1, 0.15) is 0 Å². The largest absolute Gasteiger partial charge is 0.366 e. The highest BCUT2D eigenvalue weighted by molar-refractivity contribution is 5.85. The van der Waals surface area contributed by atoms with E-state index in [4.69, 9.17) is 11.5 Å². The first-order chi connectivity index (χ1) is 9.13. The van der Waals surface area contributed by atoms with E-state index < -0.39 is 0 Å². The molecule has 0 fully saturated rings. The molecular weight excluding hydrogens is 240 g/mol. The Hall–Kier alpha value is -1.58. The topological polar surface area (TPSA) is 86.2 Å². The number of carbonyl (C=O) groups is 2. The number of primary amides is 2. The van der Waals surface area contributed by atoms with E-state index in [1.165, 1.54) is 44.3 Å². The van der Waals surface area contributed by atoms with Crippen LogP contribution in [0.15, 0.2) is 24.3 Å². The normalized spacial score (nSPS) is 11.4. The second-order valence-corrected chi connectivity index (χ2v) is 4.66. The van der Waals surface area contributed by atoms with Crippen molar-refractivity contribution in [1.82, 2.24) is 0 Å². The minimum Gasteiger partial charge on any atom is -0.366 e. The van der Waals surface area contributed by atoms with Crippen LogP contribution >= 0.6 is 0 Å². The molecule has 4 nitrogen and oxygen atoms in total. The number of carbonyl (C=O) groups excluding carboxylic acids is 2. The standard InChI is InChI=1S/C15H26N2O2/c16-14(18)12-10-8-6-4-2-1-3-5-7-9-11-13-15(17)19/h10-13H,1-9H2,(H2,16,18)(H2,17,19). The average molecular weight is 266 g/mol. The highest BCUT2D eigenvalue weighted by Gasteiger charge is 1.91. The van der Waals surface area contributed by atoms with Crippen LogP contribution in [0.25, 0.3) is 0 Å². The molecule has 0 aliphatic carbocycles. The molecule has 0 aromatic rings. The van der Waals surface area contributed by atoms with E-state index in [0.717, 1.165) is 25.7 Å². The van der Waals surface area contributed by atoms with Crippen molar-refractivity contribution < 1.29 is 9.59 Å². The lowest BCUT2D eigenvalue weighted by molar-refractivity contribution is -0.114. The van der Waals surface area contributed by atoms with Crippen molar-refractivity contribution in [3.63, 3.8) is 0 Å². The summed E-state index contributed by atoms with van der Waals surface area (Å²) in [7, 11) is 0. The lowest BCUT2D eigenvalue weighted by Gasteiger charge is -2.00. The first-order valence-corrected chi connectivity index (χ1v) is 7.05. The molecule has 0 saturated heterocycles. The summed E-state index contributed by atoms with van der Waals surface area (Å²) in [6.07, 6.45) is 16.8. The Labute approximate surface area is 115 Å². The summed E-state index contributed by atoms with van der Waals surface area (Å²) in [5.74, 6) is -0.740. The van der Waals surface area contributed by atoms with E-state index in [1.54, 1.807) is 0 Å². The number of amides is 2. The molecule has 0 aromatic carbocycles. The van der Waals surface area contributed by atoms with Crippen LogP contribution in [-0.2, 0) is 9.59 Å². The average Bonchev–Trinajstić information content (AvgIpc) is 2.34. The fraction of sp³-hybridized carbons (Fsp3) is 0.600. The highest BCUT2D eigenvalue weighted by Crippen LogP contribution is 2.10. The summed E-state index contributed by atoms with van der Waals surface area (Å²) in [5.41, 5.74) is 9.97. The van der Waals surface area contributed by atoms with Gasteiger partial charge in [-0.1, -0.05) is 44.3 Å². The second kappa shape index (κ2) is 12.9. The first kappa shape index (κ1) is 17.4. The number of allylic oxidation sites excluding steroid dienone is 2. The molecule has 19 heavy (non-hydrogen) atoms. The number of unbranched alkanes of at least 4 members (excludes halogenated alkanes) is 8.